The average Bonchev–Trinajstić information content (AvgIpc) is 3.03. The molecular weight excluding hydrogens is 384 g/mol. The molecule has 168 valence electrons. The van der Waals surface area contributed by atoms with Gasteiger partial charge in [0.05, 0.1) is 16.9 Å². The Balaban J connectivity index is 0.000000807. The summed E-state index contributed by atoms with van der Waals surface area (Å²) in [5, 5.41) is 3.54. The first-order valence-corrected chi connectivity index (χ1v) is 11.5. The van der Waals surface area contributed by atoms with Crippen molar-refractivity contribution in [3.63, 3.8) is 0 Å². The number of fused-ring (bicyclic) bond motifs is 1. The molecule has 1 aromatic carbocycles. The monoisotopic (exact) mass is 422 g/mol. The van der Waals surface area contributed by atoms with Crippen molar-refractivity contribution in [1.29, 1.82) is 0 Å². The minimum atomic E-state index is 0.101. The number of benzene rings is 1. The number of aryl methyl sites for hydroxylation is 4. The van der Waals surface area contributed by atoms with Crippen LogP contribution in [0.2, 0.25) is 0 Å². The zero-order chi connectivity index (χ0) is 23.1. The molecule has 2 aromatic heterocycles. The number of carbonyl (C=O) groups is 1. The molecule has 5 nitrogen and oxygen atoms in total. The van der Waals surface area contributed by atoms with Gasteiger partial charge in [-0.1, -0.05) is 45.9 Å². The summed E-state index contributed by atoms with van der Waals surface area (Å²) in [5.41, 5.74) is 8.36. The third kappa shape index (κ3) is 5.09. The summed E-state index contributed by atoms with van der Waals surface area (Å²) >= 11 is 0. The molecule has 3 aromatic rings. The largest absolute Gasteiger partial charge is 0.378 e. The standard InChI is InChI=1S/C22H26N4O.2C2H6/c1-14-7-5-8-15(2)19(14)12-23-20-11-18(22(27)25-9-6-10-25)13-26-17(4)16(3)24-21(20)26;2*1-2/h5,7-8,11,13,23H,6,9-10,12H2,1-4H3;2*1-2H3. The summed E-state index contributed by atoms with van der Waals surface area (Å²) in [6, 6.07) is 8.30. The van der Waals surface area contributed by atoms with Gasteiger partial charge < -0.3 is 14.6 Å². The lowest BCUT2D eigenvalue weighted by molar-refractivity contribution is 0.0651. The van der Waals surface area contributed by atoms with Gasteiger partial charge in [0, 0.05) is 31.5 Å². The third-order valence-corrected chi connectivity index (χ3v) is 5.69. The van der Waals surface area contributed by atoms with E-state index >= 15 is 0 Å². The highest BCUT2D eigenvalue weighted by Crippen LogP contribution is 2.25. The van der Waals surface area contributed by atoms with Gasteiger partial charge in [0.1, 0.15) is 0 Å². The first kappa shape index (κ1) is 24.4. The Kier molecular flexibility index (Phi) is 8.66. The lowest BCUT2D eigenvalue weighted by atomic mass is 10.0. The number of hydrogen-bond donors (Lipinski definition) is 1. The molecule has 5 heteroatoms. The molecule has 1 fully saturated rings. The summed E-state index contributed by atoms with van der Waals surface area (Å²) in [5.74, 6) is 0.101. The quantitative estimate of drug-likeness (QED) is 0.554. The summed E-state index contributed by atoms with van der Waals surface area (Å²) in [6.45, 7) is 18.7. The minimum Gasteiger partial charge on any atom is -0.378 e. The van der Waals surface area contributed by atoms with Crippen LogP contribution >= 0.6 is 0 Å². The van der Waals surface area contributed by atoms with Crippen molar-refractivity contribution < 1.29 is 4.79 Å². The second-order valence-corrected chi connectivity index (χ2v) is 7.49. The number of amides is 1. The molecule has 0 aliphatic carbocycles. The number of aromatic nitrogens is 2. The van der Waals surface area contributed by atoms with E-state index in [2.05, 4.69) is 37.4 Å². The number of nitrogens with zero attached hydrogens (tertiary/aromatic N) is 3. The van der Waals surface area contributed by atoms with Gasteiger partial charge in [-0.15, -0.1) is 0 Å². The van der Waals surface area contributed by atoms with Crippen molar-refractivity contribution in [3.05, 3.63) is 64.1 Å². The number of nitrogens with one attached hydrogen (secondary N) is 1. The van der Waals surface area contributed by atoms with Gasteiger partial charge in [-0.2, -0.15) is 0 Å². The Morgan fingerprint density at radius 2 is 1.65 bits per heavy atom. The van der Waals surface area contributed by atoms with E-state index < -0.39 is 0 Å². The maximum absolute atomic E-state index is 12.8. The van der Waals surface area contributed by atoms with Gasteiger partial charge >= 0.3 is 0 Å². The highest BCUT2D eigenvalue weighted by molar-refractivity contribution is 5.96. The molecular formula is C26H38N4O. The smallest absolute Gasteiger partial charge is 0.255 e. The highest BCUT2D eigenvalue weighted by Gasteiger charge is 2.23. The zero-order valence-electron chi connectivity index (χ0n) is 20.5. The van der Waals surface area contributed by atoms with Crippen molar-refractivity contribution in [2.24, 2.45) is 0 Å². The van der Waals surface area contributed by atoms with E-state index in [9.17, 15) is 4.79 Å². The van der Waals surface area contributed by atoms with E-state index in [4.69, 9.17) is 4.98 Å². The van der Waals surface area contributed by atoms with Gasteiger partial charge in [-0.25, -0.2) is 4.98 Å². The topological polar surface area (TPSA) is 49.6 Å². The summed E-state index contributed by atoms with van der Waals surface area (Å²) in [7, 11) is 0. The highest BCUT2D eigenvalue weighted by atomic mass is 16.2. The molecule has 0 bridgehead atoms. The number of rotatable bonds is 4. The Labute approximate surface area is 187 Å². The number of likely N-dealkylation sites (tertiary alicyclic amines) is 1. The second kappa shape index (κ2) is 11.0. The van der Waals surface area contributed by atoms with E-state index in [1.165, 1.54) is 16.7 Å². The van der Waals surface area contributed by atoms with Crippen molar-refractivity contribution in [3.8, 4) is 0 Å². The maximum atomic E-state index is 12.8. The molecule has 1 aliphatic heterocycles. The van der Waals surface area contributed by atoms with E-state index in [1.807, 2.05) is 63.1 Å². The molecule has 0 atom stereocenters. The summed E-state index contributed by atoms with van der Waals surface area (Å²) in [4.78, 5) is 19.4. The maximum Gasteiger partial charge on any atom is 0.255 e. The zero-order valence-corrected chi connectivity index (χ0v) is 20.5. The third-order valence-electron chi connectivity index (χ3n) is 5.69. The van der Waals surface area contributed by atoms with Gasteiger partial charge in [0.25, 0.3) is 5.91 Å². The van der Waals surface area contributed by atoms with E-state index in [1.54, 1.807) is 0 Å². The number of anilines is 1. The first-order chi connectivity index (χ1) is 15.0. The molecule has 4 rings (SSSR count). The predicted molar refractivity (Wildman–Crippen MR) is 131 cm³/mol. The van der Waals surface area contributed by atoms with Gasteiger partial charge in [-0.05, 0) is 56.9 Å². The van der Waals surface area contributed by atoms with Crippen molar-refractivity contribution >= 4 is 17.2 Å². The molecule has 3 heterocycles. The van der Waals surface area contributed by atoms with Crippen LogP contribution in [0.4, 0.5) is 5.69 Å². The molecule has 31 heavy (non-hydrogen) atoms. The molecule has 0 radical (unpaired) electrons. The minimum absolute atomic E-state index is 0.101. The number of imidazole rings is 1. The average molecular weight is 423 g/mol. The lowest BCUT2D eigenvalue weighted by Crippen LogP contribution is -2.42. The van der Waals surface area contributed by atoms with Crippen molar-refractivity contribution in [2.45, 2.75) is 68.4 Å². The van der Waals surface area contributed by atoms with E-state index in [0.29, 0.717) is 12.1 Å². The Morgan fingerprint density at radius 1 is 1.03 bits per heavy atom. The molecule has 1 saturated heterocycles. The van der Waals surface area contributed by atoms with E-state index in [-0.39, 0.29) is 5.91 Å². The Morgan fingerprint density at radius 3 is 2.19 bits per heavy atom. The van der Waals surface area contributed by atoms with Crippen LogP contribution in [0.25, 0.3) is 5.65 Å². The fourth-order valence-corrected chi connectivity index (χ4v) is 3.63. The van der Waals surface area contributed by atoms with Gasteiger partial charge in [0.2, 0.25) is 0 Å². The fourth-order valence-electron chi connectivity index (χ4n) is 3.63. The molecule has 0 saturated carbocycles. The fraction of sp³-hybridized carbons (Fsp3) is 0.462. The van der Waals surface area contributed by atoms with E-state index in [0.717, 1.165) is 42.2 Å². The van der Waals surface area contributed by atoms with Crippen LogP contribution in [-0.4, -0.2) is 33.3 Å². The number of pyridine rings is 1. The van der Waals surface area contributed by atoms with Crippen LogP contribution in [0.15, 0.2) is 30.5 Å². The van der Waals surface area contributed by atoms with Crippen LogP contribution in [0.5, 0.6) is 0 Å². The predicted octanol–water partition coefficient (Wildman–Crippen LogP) is 6.08. The van der Waals surface area contributed by atoms with Crippen LogP contribution in [0, 0.1) is 27.7 Å². The van der Waals surface area contributed by atoms with Crippen molar-refractivity contribution in [1.82, 2.24) is 14.3 Å². The first-order valence-electron chi connectivity index (χ1n) is 11.5. The molecule has 1 amide bonds. The molecule has 1 N–H and O–H groups in total. The van der Waals surface area contributed by atoms with Crippen LogP contribution in [0.3, 0.4) is 0 Å². The van der Waals surface area contributed by atoms with Crippen LogP contribution in [0.1, 0.15) is 72.6 Å². The van der Waals surface area contributed by atoms with Gasteiger partial charge in [0.15, 0.2) is 5.65 Å². The summed E-state index contributed by atoms with van der Waals surface area (Å²) < 4.78 is 2.04. The Hall–Kier alpha value is -2.82. The second-order valence-electron chi connectivity index (χ2n) is 7.49. The summed E-state index contributed by atoms with van der Waals surface area (Å²) in [6.07, 6.45) is 3.02. The number of carbonyl (C=O) groups excluding carboxylic acids is 1. The molecule has 0 spiro atoms. The SMILES string of the molecule is CC.CC.Cc1cccc(C)c1CNc1cc(C(=O)N2CCC2)cn2c(C)c(C)nc12. The molecule has 1 aliphatic rings. The normalized spacial score (nSPS) is 12.3. The lowest BCUT2D eigenvalue weighted by Gasteiger charge is -2.31. The van der Waals surface area contributed by atoms with Crippen LogP contribution < -0.4 is 5.32 Å². The molecule has 0 unspecified atom stereocenters. The van der Waals surface area contributed by atoms with Crippen molar-refractivity contribution in [2.75, 3.05) is 18.4 Å². The Bertz CT molecular complexity index is 1010. The number of hydrogen-bond acceptors (Lipinski definition) is 3. The van der Waals surface area contributed by atoms with Gasteiger partial charge in [-0.3, -0.25) is 4.79 Å². The van der Waals surface area contributed by atoms with Crippen LogP contribution in [-0.2, 0) is 6.54 Å².